The van der Waals surface area contributed by atoms with Crippen LogP contribution >= 0.6 is 0 Å². The van der Waals surface area contributed by atoms with Gasteiger partial charge < -0.3 is 10.1 Å². The van der Waals surface area contributed by atoms with Crippen molar-refractivity contribution in [3.05, 3.63) is 53.8 Å². The Morgan fingerprint density at radius 3 is 2.48 bits per heavy atom. The number of benzene rings is 2. The molecule has 21 heavy (non-hydrogen) atoms. The Kier molecular flexibility index (Phi) is 5.76. The van der Waals surface area contributed by atoms with Gasteiger partial charge in [-0.05, 0) is 55.3 Å². The summed E-state index contributed by atoms with van der Waals surface area (Å²) < 4.78 is 19.5. The average molecular weight is 287 g/mol. The van der Waals surface area contributed by atoms with Crippen molar-refractivity contribution >= 4 is 0 Å². The molecule has 1 N–H and O–H groups in total. The van der Waals surface area contributed by atoms with Gasteiger partial charge in [0.2, 0.25) is 0 Å². The number of nitrogens with one attached hydrogen (secondary N) is 1. The van der Waals surface area contributed by atoms with E-state index in [2.05, 4.69) is 12.2 Å². The molecule has 0 saturated heterocycles. The first-order valence-corrected chi connectivity index (χ1v) is 7.47. The fourth-order valence-corrected chi connectivity index (χ4v) is 2.21. The summed E-state index contributed by atoms with van der Waals surface area (Å²) in [6.45, 7) is 6.43. The second kappa shape index (κ2) is 7.79. The zero-order chi connectivity index (χ0) is 15.1. The van der Waals surface area contributed by atoms with Crippen LogP contribution in [0.25, 0.3) is 11.1 Å². The lowest BCUT2D eigenvalue weighted by Crippen LogP contribution is -2.13. The molecule has 2 aromatic rings. The van der Waals surface area contributed by atoms with Crippen LogP contribution in [0.3, 0.4) is 0 Å². The number of rotatable bonds is 7. The Hall–Kier alpha value is -1.87. The molecule has 0 heterocycles. The minimum Gasteiger partial charge on any atom is -0.494 e. The van der Waals surface area contributed by atoms with Crippen molar-refractivity contribution < 1.29 is 9.13 Å². The van der Waals surface area contributed by atoms with Crippen LogP contribution in [0.5, 0.6) is 5.75 Å². The van der Waals surface area contributed by atoms with Gasteiger partial charge >= 0.3 is 0 Å². The molecule has 0 amide bonds. The predicted molar refractivity (Wildman–Crippen MR) is 85.0 cm³/mol. The fourth-order valence-electron chi connectivity index (χ4n) is 2.21. The first-order valence-electron chi connectivity index (χ1n) is 7.47. The normalized spacial score (nSPS) is 10.6. The first-order chi connectivity index (χ1) is 10.2. The molecular formula is C18H22FNO. The SMILES string of the molecule is CCCNCc1ccc(F)c(-c2ccc(OCC)cc2)c1. The van der Waals surface area contributed by atoms with Crippen LogP contribution in [0.4, 0.5) is 4.39 Å². The van der Waals surface area contributed by atoms with E-state index in [0.29, 0.717) is 12.2 Å². The van der Waals surface area contributed by atoms with Gasteiger partial charge in [-0.1, -0.05) is 25.1 Å². The molecule has 0 fully saturated rings. The van der Waals surface area contributed by atoms with Gasteiger partial charge in [0.25, 0.3) is 0 Å². The van der Waals surface area contributed by atoms with Crippen molar-refractivity contribution in [1.29, 1.82) is 0 Å². The van der Waals surface area contributed by atoms with E-state index in [-0.39, 0.29) is 5.82 Å². The highest BCUT2D eigenvalue weighted by Crippen LogP contribution is 2.26. The molecule has 0 unspecified atom stereocenters. The lowest BCUT2D eigenvalue weighted by Gasteiger charge is -2.09. The minimum atomic E-state index is -0.196. The number of ether oxygens (including phenoxy) is 1. The zero-order valence-corrected chi connectivity index (χ0v) is 12.7. The van der Waals surface area contributed by atoms with Crippen molar-refractivity contribution in [2.24, 2.45) is 0 Å². The van der Waals surface area contributed by atoms with Crippen LogP contribution in [0, 0.1) is 5.82 Å². The molecule has 112 valence electrons. The third kappa shape index (κ3) is 4.30. The van der Waals surface area contributed by atoms with Crippen molar-refractivity contribution in [3.8, 4) is 16.9 Å². The van der Waals surface area contributed by atoms with Crippen molar-refractivity contribution in [2.45, 2.75) is 26.8 Å². The summed E-state index contributed by atoms with van der Waals surface area (Å²) in [7, 11) is 0. The second-order valence-electron chi connectivity index (χ2n) is 4.95. The number of hydrogen-bond acceptors (Lipinski definition) is 2. The van der Waals surface area contributed by atoms with Crippen LogP contribution in [0.2, 0.25) is 0 Å². The molecule has 2 aromatic carbocycles. The summed E-state index contributed by atoms with van der Waals surface area (Å²) in [5.74, 6) is 0.612. The summed E-state index contributed by atoms with van der Waals surface area (Å²) >= 11 is 0. The minimum absolute atomic E-state index is 0.196. The molecule has 0 aliphatic rings. The van der Waals surface area contributed by atoms with E-state index in [4.69, 9.17) is 4.74 Å². The van der Waals surface area contributed by atoms with Crippen LogP contribution < -0.4 is 10.1 Å². The van der Waals surface area contributed by atoms with E-state index in [1.807, 2.05) is 43.3 Å². The van der Waals surface area contributed by atoms with E-state index in [0.717, 1.165) is 36.4 Å². The van der Waals surface area contributed by atoms with E-state index >= 15 is 0 Å². The van der Waals surface area contributed by atoms with E-state index < -0.39 is 0 Å². The number of hydrogen-bond donors (Lipinski definition) is 1. The molecule has 0 aliphatic carbocycles. The molecule has 0 atom stereocenters. The van der Waals surface area contributed by atoms with Crippen molar-refractivity contribution in [1.82, 2.24) is 5.32 Å². The summed E-state index contributed by atoms with van der Waals surface area (Å²) in [5.41, 5.74) is 2.59. The van der Waals surface area contributed by atoms with Gasteiger partial charge in [-0.3, -0.25) is 0 Å². The van der Waals surface area contributed by atoms with Crippen LogP contribution in [0.15, 0.2) is 42.5 Å². The molecule has 0 aliphatic heterocycles. The quantitative estimate of drug-likeness (QED) is 0.763. The third-order valence-electron chi connectivity index (χ3n) is 3.26. The van der Waals surface area contributed by atoms with Gasteiger partial charge in [0.15, 0.2) is 0 Å². The highest BCUT2D eigenvalue weighted by molar-refractivity contribution is 5.65. The van der Waals surface area contributed by atoms with Crippen molar-refractivity contribution in [2.75, 3.05) is 13.2 Å². The molecule has 0 saturated carbocycles. The molecule has 0 aromatic heterocycles. The maximum Gasteiger partial charge on any atom is 0.131 e. The van der Waals surface area contributed by atoms with Gasteiger partial charge in [0.1, 0.15) is 11.6 Å². The molecule has 0 spiro atoms. The Morgan fingerprint density at radius 1 is 1.05 bits per heavy atom. The standard InChI is InChI=1S/C18H22FNO/c1-3-11-20-13-14-5-10-18(19)17(12-14)15-6-8-16(9-7-15)21-4-2/h5-10,12,20H,3-4,11,13H2,1-2H3. The Morgan fingerprint density at radius 2 is 1.81 bits per heavy atom. The third-order valence-corrected chi connectivity index (χ3v) is 3.26. The van der Waals surface area contributed by atoms with Gasteiger partial charge in [-0.25, -0.2) is 4.39 Å². The Bertz CT molecular complexity index is 566. The predicted octanol–water partition coefficient (Wildman–Crippen LogP) is 4.39. The van der Waals surface area contributed by atoms with E-state index in [1.54, 1.807) is 0 Å². The summed E-state index contributed by atoms with van der Waals surface area (Å²) in [6, 6.07) is 12.8. The van der Waals surface area contributed by atoms with Gasteiger partial charge in [-0.2, -0.15) is 0 Å². The molecule has 0 radical (unpaired) electrons. The fraction of sp³-hybridized carbons (Fsp3) is 0.333. The summed E-state index contributed by atoms with van der Waals surface area (Å²) in [4.78, 5) is 0. The lowest BCUT2D eigenvalue weighted by molar-refractivity contribution is 0.340. The lowest BCUT2D eigenvalue weighted by atomic mass is 10.0. The number of halogens is 1. The molecule has 3 heteroatoms. The maximum absolute atomic E-state index is 14.0. The molecule has 2 rings (SSSR count). The largest absolute Gasteiger partial charge is 0.494 e. The highest BCUT2D eigenvalue weighted by Gasteiger charge is 2.06. The second-order valence-corrected chi connectivity index (χ2v) is 4.95. The van der Waals surface area contributed by atoms with E-state index in [9.17, 15) is 4.39 Å². The van der Waals surface area contributed by atoms with Crippen LogP contribution in [0.1, 0.15) is 25.8 Å². The topological polar surface area (TPSA) is 21.3 Å². The molecule has 0 bridgehead atoms. The Balaban J connectivity index is 2.19. The van der Waals surface area contributed by atoms with Gasteiger partial charge in [-0.15, -0.1) is 0 Å². The highest BCUT2D eigenvalue weighted by atomic mass is 19.1. The van der Waals surface area contributed by atoms with Crippen LogP contribution in [-0.2, 0) is 6.54 Å². The van der Waals surface area contributed by atoms with Gasteiger partial charge in [0, 0.05) is 12.1 Å². The molecule has 2 nitrogen and oxygen atoms in total. The Labute approximate surface area is 126 Å². The van der Waals surface area contributed by atoms with Crippen LogP contribution in [-0.4, -0.2) is 13.2 Å². The summed E-state index contributed by atoms with van der Waals surface area (Å²) in [6.07, 6.45) is 1.09. The maximum atomic E-state index is 14.0. The van der Waals surface area contributed by atoms with E-state index in [1.165, 1.54) is 6.07 Å². The first kappa shape index (κ1) is 15.5. The van der Waals surface area contributed by atoms with Crippen molar-refractivity contribution in [3.63, 3.8) is 0 Å². The zero-order valence-electron chi connectivity index (χ0n) is 12.7. The summed E-state index contributed by atoms with van der Waals surface area (Å²) in [5, 5.41) is 3.33. The monoisotopic (exact) mass is 287 g/mol. The molecular weight excluding hydrogens is 265 g/mol. The average Bonchev–Trinajstić information content (AvgIpc) is 2.50. The van der Waals surface area contributed by atoms with Gasteiger partial charge in [0.05, 0.1) is 6.61 Å². The smallest absolute Gasteiger partial charge is 0.131 e.